The number of hydrogen-bond acceptors (Lipinski definition) is 7. The Hall–Kier alpha value is -1.54. The minimum atomic E-state index is 0.199. The van der Waals surface area contributed by atoms with Crippen molar-refractivity contribution >= 4 is 34.1 Å². The second-order valence-electron chi connectivity index (χ2n) is 5.04. The average molecular weight is 338 g/mol. The van der Waals surface area contributed by atoms with Crippen LogP contribution in [0, 0.1) is 0 Å². The van der Waals surface area contributed by atoms with Gasteiger partial charge in [-0.2, -0.15) is 0 Å². The van der Waals surface area contributed by atoms with Crippen LogP contribution in [0.3, 0.4) is 0 Å². The topological polar surface area (TPSA) is 71.3 Å². The number of amides is 1. The van der Waals surface area contributed by atoms with Gasteiger partial charge in [0.2, 0.25) is 11.0 Å². The van der Waals surface area contributed by atoms with E-state index in [1.54, 1.807) is 6.26 Å². The Bertz CT molecular complexity index is 594. The Kier molecular flexibility index (Phi) is 5.33. The molecule has 0 atom stereocenters. The third-order valence-corrected chi connectivity index (χ3v) is 5.43. The van der Waals surface area contributed by atoms with Crippen molar-refractivity contribution in [1.29, 1.82) is 0 Å². The zero-order valence-electron chi connectivity index (χ0n) is 12.2. The Labute approximate surface area is 137 Å². The molecule has 0 saturated carbocycles. The van der Waals surface area contributed by atoms with Crippen molar-refractivity contribution in [1.82, 2.24) is 15.1 Å². The number of aromatic nitrogens is 2. The molecule has 0 bridgehead atoms. The summed E-state index contributed by atoms with van der Waals surface area (Å²) in [5, 5.41) is 12.1. The van der Waals surface area contributed by atoms with Crippen molar-refractivity contribution in [3.8, 4) is 0 Å². The first-order valence-electron chi connectivity index (χ1n) is 7.31. The van der Waals surface area contributed by atoms with Gasteiger partial charge >= 0.3 is 0 Å². The van der Waals surface area contributed by atoms with Gasteiger partial charge in [-0.3, -0.25) is 4.79 Å². The van der Waals surface area contributed by atoms with Crippen molar-refractivity contribution < 1.29 is 9.21 Å². The van der Waals surface area contributed by atoms with E-state index >= 15 is 0 Å². The van der Waals surface area contributed by atoms with Crippen LogP contribution in [0.4, 0.5) is 5.13 Å². The van der Waals surface area contributed by atoms with Crippen LogP contribution in [0.1, 0.15) is 25.0 Å². The van der Waals surface area contributed by atoms with Crippen LogP contribution >= 0.6 is 23.1 Å². The first-order valence-corrected chi connectivity index (χ1v) is 9.12. The quantitative estimate of drug-likeness (QED) is 0.817. The lowest BCUT2D eigenvalue weighted by atomic mass is 10.1. The summed E-state index contributed by atoms with van der Waals surface area (Å²) in [6.45, 7) is 2.37. The number of hydrogen-bond donors (Lipinski definition) is 1. The molecule has 0 spiro atoms. The van der Waals surface area contributed by atoms with E-state index in [-0.39, 0.29) is 5.91 Å². The van der Waals surface area contributed by atoms with E-state index in [1.807, 2.05) is 17.0 Å². The maximum Gasteiger partial charge on any atom is 0.233 e. The highest BCUT2D eigenvalue weighted by molar-refractivity contribution is 8.01. The van der Waals surface area contributed by atoms with E-state index in [2.05, 4.69) is 15.5 Å². The molecule has 1 aliphatic heterocycles. The summed E-state index contributed by atoms with van der Waals surface area (Å²) < 4.78 is 6.06. The predicted octanol–water partition coefficient (Wildman–Crippen LogP) is 2.85. The van der Waals surface area contributed by atoms with Gasteiger partial charge in [0, 0.05) is 13.1 Å². The summed E-state index contributed by atoms with van der Waals surface area (Å²) in [6.07, 6.45) is 5.12. The molecule has 0 radical (unpaired) electrons. The number of piperidine rings is 1. The summed E-state index contributed by atoms with van der Waals surface area (Å²) in [6, 6.07) is 3.76. The summed E-state index contributed by atoms with van der Waals surface area (Å²) in [5.74, 6) is 1.49. The van der Waals surface area contributed by atoms with Crippen LogP contribution in [0.2, 0.25) is 0 Å². The molecule has 0 aliphatic carbocycles. The maximum atomic E-state index is 12.1. The van der Waals surface area contributed by atoms with E-state index in [1.165, 1.54) is 29.5 Å². The van der Waals surface area contributed by atoms with E-state index in [4.69, 9.17) is 4.42 Å². The molecule has 0 unspecified atom stereocenters. The van der Waals surface area contributed by atoms with E-state index in [0.29, 0.717) is 12.3 Å². The number of anilines is 1. The number of carbonyl (C=O) groups excluding carboxylic acids is 1. The normalized spacial score (nSPS) is 15.0. The third kappa shape index (κ3) is 4.23. The largest absolute Gasteiger partial charge is 0.467 e. The number of thioether (sulfide) groups is 1. The Morgan fingerprint density at radius 3 is 3.00 bits per heavy atom. The third-order valence-electron chi connectivity index (χ3n) is 3.43. The van der Waals surface area contributed by atoms with Gasteiger partial charge in [-0.15, -0.1) is 10.2 Å². The number of likely N-dealkylation sites (tertiary alicyclic amines) is 1. The van der Waals surface area contributed by atoms with Crippen LogP contribution in [0.25, 0.3) is 0 Å². The van der Waals surface area contributed by atoms with Gasteiger partial charge in [0.25, 0.3) is 0 Å². The first-order chi connectivity index (χ1) is 10.8. The Morgan fingerprint density at radius 2 is 2.23 bits per heavy atom. The molecule has 0 aromatic carbocycles. The molecule has 3 rings (SSSR count). The smallest absolute Gasteiger partial charge is 0.233 e. The molecule has 1 aliphatic rings. The van der Waals surface area contributed by atoms with Gasteiger partial charge in [0.05, 0.1) is 18.6 Å². The number of rotatable bonds is 6. The van der Waals surface area contributed by atoms with Gasteiger partial charge in [-0.25, -0.2) is 0 Å². The minimum Gasteiger partial charge on any atom is -0.467 e. The van der Waals surface area contributed by atoms with Crippen molar-refractivity contribution in [2.24, 2.45) is 0 Å². The molecule has 22 heavy (non-hydrogen) atoms. The van der Waals surface area contributed by atoms with Crippen LogP contribution in [-0.4, -0.2) is 39.8 Å². The summed E-state index contributed by atoms with van der Waals surface area (Å²) in [4.78, 5) is 14.0. The molecular weight excluding hydrogens is 320 g/mol. The van der Waals surface area contributed by atoms with Crippen LogP contribution in [0.5, 0.6) is 0 Å². The van der Waals surface area contributed by atoms with Crippen molar-refractivity contribution in [2.45, 2.75) is 30.1 Å². The molecule has 118 valence electrons. The summed E-state index contributed by atoms with van der Waals surface area (Å²) in [5.41, 5.74) is 0. The van der Waals surface area contributed by atoms with Crippen molar-refractivity contribution in [3.63, 3.8) is 0 Å². The fraction of sp³-hybridized carbons (Fsp3) is 0.500. The molecule has 3 heterocycles. The number of furan rings is 1. The van der Waals surface area contributed by atoms with Crippen molar-refractivity contribution in [2.75, 3.05) is 24.2 Å². The number of carbonyl (C=O) groups is 1. The Balaban J connectivity index is 1.44. The molecule has 1 fully saturated rings. The van der Waals surface area contributed by atoms with E-state index < -0.39 is 0 Å². The molecule has 1 amide bonds. The van der Waals surface area contributed by atoms with Crippen molar-refractivity contribution in [3.05, 3.63) is 24.2 Å². The molecule has 2 aromatic rings. The molecule has 6 nitrogen and oxygen atoms in total. The molecule has 8 heteroatoms. The van der Waals surface area contributed by atoms with Crippen LogP contribution in [0.15, 0.2) is 27.2 Å². The maximum absolute atomic E-state index is 12.1. The predicted molar refractivity (Wildman–Crippen MR) is 87.1 cm³/mol. The van der Waals surface area contributed by atoms with Crippen LogP contribution < -0.4 is 5.32 Å². The van der Waals surface area contributed by atoms with Gasteiger partial charge in [0.15, 0.2) is 4.34 Å². The fourth-order valence-electron chi connectivity index (χ4n) is 2.27. The van der Waals surface area contributed by atoms with Gasteiger partial charge < -0.3 is 14.6 Å². The monoisotopic (exact) mass is 338 g/mol. The number of nitrogens with one attached hydrogen (secondary N) is 1. The van der Waals surface area contributed by atoms with Gasteiger partial charge in [-0.1, -0.05) is 23.1 Å². The highest BCUT2D eigenvalue weighted by Crippen LogP contribution is 2.26. The molecule has 1 N–H and O–H groups in total. The lowest BCUT2D eigenvalue weighted by Crippen LogP contribution is -2.36. The molecule has 1 saturated heterocycles. The lowest BCUT2D eigenvalue weighted by Gasteiger charge is -2.26. The fourth-order valence-corrected chi connectivity index (χ4v) is 3.92. The standard InChI is InChI=1S/C14H18N4O2S2/c19-12(18-6-2-1-3-7-18)10-21-14-17-16-13(22-14)15-9-11-5-4-8-20-11/h4-5,8H,1-3,6-7,9-10H2,(H,15,16). The van der Waals surface area contributed by atoms with Gasteiger partial charge in [-0.05, 0) is 31.4 Å². The van der Waals surface area contributed by atoms with Crippen LogP contribution in [-0.2, 0) is 11.3 Å². The molecular formula is C14H18N4O2S2. The van der Waals surface area contributed by atoms with Gasteiger partial charge in [0.1, 0.15) is 5.76 Å². The SMILES string of the molecule is O=C(CSc1nnc(NCc2ccco2)s1)N1CCCCC1. The van der Waals surface area contributed by atoms with E-state index in [0.717, 1.165) is 41.2 Å². The highest BCUT2D eigenvalue weighted by atomic mass is 32.2. The second-order valence-corrected chi connectivity index (χ2v) is 7.24. The summed E-state index contributed by atoms with van der Waals surface area (Å²) >= 11 is 2.92. The first kappa shape index (κ1) is 15.4. The lowest BCUT2D eigenvalue weighted by molar-refractivity contribution is -0.129. The average Bonchev–Trinajstić information content (AvgIpc) is 3.23. The zero-order chi connectivity index (χ0) is 15.2. The van der Waals surface area contributed by atoms with E-state index in [9.17, 15) is 4.79 Å². The minimum absolute atomic E-state index is 0.199. The Morgan fingerprint density at radius 1 is 1.36 bits per heavy atom. The second kappa shape index (κ2) is 7.64. The zero-order valence-corrected chi connectivity index (χ0v) is 13.8. The highest BCUT2D eigenvalue weighted by Gasteiger charge is 2.17. The molecule has 2 aromatic heterocycles. The number of nitrogens with zero attached hydrogens (tertiary/aromatic N) is 3. The summed E-state index contributed by atoms with van der Waals surface area (Å²) in [7, 11) is 0.